The maximum atomic E-state index is 4.16. The van der Waals surface area contributed by atoms with E-state index in [0.717, 1.165) is 18.4 Å². The van der Waals surface area contributed by atoms with Crippen molar-refractivity contribution in [3.63, 3.8) is 0 Å². The number of quaternary nitrogens is 1. The second-order valence-electron chi connectivity index (χ2n) is 7.71. The summed E-state index contributed by atoms with van der Waals surface area (Å²) in [4.78, 5) is 0. The van der Waals surface area contributed by atoms with Crippen molar-refractivity contribution in [2.24, 2.45) is 17.3 Å². The molecule has 1 nitrogen and oxygen atoms in total. The van der Waals surface area contributed by atoms with Gasteiger partial charge in [0, 0.05) is 6.42 Å². The SMILES string of the molecule is [NH3+]CCC12CC3CC(C1)CC(c1ccccc1)(C3)C2. The molecule has 1 aromatic rings. The molecule has 5 rings (SSSR count). The van der Waals surface area contributed by atoms with E-state index in [2.05, 4.69) is 36.1 Å². The Morgan fingerprint density at radius 2 is 1.68 bits per heavy atom. The molecule has 0 amide bonds. The third-order valence-corrected chi connectivity index (χ3v) is 6.28. The Kier molecular flexibility index (Phi) is 2.57. The highest BCUT2D eigenvalue weighted by Crippen LogP contribution is 2.66. The van der Waals surface area contributed by atoms with E-state index >= 15 is 0 Å². The van der Waals surface area contributed by atoms with Crippen LogP contribution in [0.15, 0.2) is 30.3 Å². The van der Waals surface area contributed by atoms with E-state index in [-0.39, 0.29) is 0 Å². The molecule has 0 aliphatic heterocycles. The van der Waals surface area contributed by atoms with Crippen LogP contribution >= 0.6 is 0 Å². The van der Waals surface area contributed by atoms with Crippen LogP contribution in [-0.4, -0.2) is 6.54 Å². The van der Waals surface area contributed by atoms with Crippen molar-refractivity contribution in [3.05, 3.63) is 35.9 Å². The lowest BCUT2D eigenvalue weighted by Crippen LogP contribution is -2.58. The molecule has 3 N–H and O–H groups in total. The molecule has 4 aliphatic carbocycles. The summed E-state index contributed by atoms with van der Waals surface area (Å²) in [6, 6.07) is 11.4. The molecule has 4 bridgehead atoms. The molecule has 102 valence electrons. The predicted molar refractivity (Wildman–Crippen MR) is 77.6 cm³/mol. The van der Waals surface area contributed by atoms with Gasteiger partial charge in [-0.2, -0.15) is 0 Å². The molecular weight excluding hydrogens is 230 g/mol. The van der Waals surface area contributed by atoms with Gasteiger partial charge < -0.3 is 5.73 Å². The molecular formula is C18H26N+. The molecule has 1 aromatic carbocycles. The molecule has 0 aromatic heterocycles. The van der Waals surface area contributed by atoms with E-state index in [1.165, 1.54) is 44.9 Å². The fraction of sp³-hybridized carbons (Fsp3) is 0.667. The van der Waals surface area contributed by atoms with Gasteiger partial charge in [-0.1, -0.05) is 30.3 Å². The Bertz CT molecular complexity index is 450. The first kappa shape index (κ1) is 12.0. The zero-order valence-corrected chi connectivity index (χ0v) is 11.9. The lowest BCUT2D eigenvalue weighted by molar-refractivity contribution is -0.375. The minimum atomic E-state index is 0.528. The Morgan fingerprint density at radius 3 is 2.32 bits per heavy atom. The summed E-state index contributed by atoms with van der Waals surface area (Å²) >= 11 is 0. The van der Waals surface area contributed by atoms with Crippen LogP contribution < -0.4 is 5.73 Å². The summed E-state index contributed by atoms with van der Waals surface area (Å²) in [5.41, 5.74) is 6.98. The summed E-state index contributed by atoms with van der Waals surface area (Å²) < 4.78 is 0. The lowest BCUT2D eigenvalue weighted by Gasteiger charge is -2.62. The average Bonchev–Trinajstić information content (AvgIpc) is 2.38. The van der Waals surface area contributed by atoms with Crippen LogP contribution in [-0.2, 0) is 5.41 Å². The quantitative estimate of drug-likeness (QED) is 0.860. The van der Waals surface area contributed by atoms with Gasteiger partial charge in [-0.05, 0) is 66.8 Å². The predicted octanol–water partition coefficient (Wildman–Crippen LogP) is 3.16. The van der Waals surface area contributed by atoms with Crippen LogP contribution in [0.3, 0.4) is 0 Å². The highest BCUT2D eigenvalue weighted by atomic mass is 14.6. The van der Waals surface area contributed by atoms with Gasteiger partial charge in [-0.3, -0.25) is 0 Å². The minimum absolute atomic E-state index is 0.528. The van der Waals surface area contributed by atoms with Gasteiger partial charge in [0.25, 0.3) is 0 Å². The van der Waals surface area contributed by atoms with Gasteiger partial charge in [0.15, 0.2) is 0 Å². The van der Waals surface area contributed by atoms with Crippen LogP contribution in [0.2, 0.25) is 0 Å². The number of benzene rings is 1. The molecule has 0 radical (unpaired) electrons. The fourth-order valence-electron chi connectivity index (χ4n) is 6.25. The topological polar surface area (TPSA) is 27.6 Å². The third kappa shape index (κ3) is 1.78. The van der Waals surface area contributed by atoms with Crippen molar-refractivity contribution in [2.75, 3.05) is 6.54 Å². The average molecular weight is 256 g/mol. The number of hydrogen-bond acceptors (Lipinski definition) is 0. The van der Waals surface area contributed by atoms with E-state index in [0.29, 0.717) is 10.8 Å². The van der Waals surface area contributed by atoms with Gasteiger partial charge in [-0.15, -0.1) is 0 Å². The molecule has 2 unspecified atom stereocenters. The summed E-state index contributed by atoms with van der Waals surface area (Å²) in [7, 11) is 0. The molecule has 0 spiro atoms. The Hall–Kier alpha value is -0.820. The Balaban J connectivity index is 1.74. The standard InChI is InChI=1S/C18H25N/c19-7-6-17-9-14-8-15(10-17)12-18(11-14,13-17)16-4-2-1-3-5-16/h1-5,14-15H,6-13,19H2/p+1. The van der Waals surface area contributed by atoms with E-state index in [1.807, 2.05) is 0 Å². The van der Waals surface area contributed by atoms with E-state index in [1.54, 1.807) is 5.56 Å². The van der Waals surface area contributed by atoms with Crippen molar-refractivity contribution < 1.29 is 5.73 Å². The first-order valence-electron chi connectivity index (χ1n) is 8.09. The fourth-order valence-corrected chi connectivity index (χ4v) is 6.25. The first-order chi connectivity index (χ1) is 9.24. The normalized spacial score (nSPS) is 43.6. The van der Waals surface area contributed by atoms with Crippen LogP contribution in [0.4, 0.5) is 0 Å². The van der Waals surface area contributed by atoms with Gasteiger partial charge >= 0.3 is 0 Å². The van der Waals surface area contributed by atoms with Gasteiger partial charge in [0.2, 0.25) is 0 Å². The van der Waals surface area contributed by atoms with Gasteiger partial charge in [0.1, 0.15) is 0 Å². The molecule has 2 atom stereocenters. The summed E-state index contributed by atoms with van der Waals surface area (Å²) in [6.07, 6.45) is 10.3. The third-order valence-electron chi connectivity index (χ3n) is 6.28. The monoisotopic (exact) mass is 256 g/mol. The van der Waals surface area contributed by atoms with Crippen LogP contribution in [0.1, 0.15) is 50.5 Å². The Labute approximate surface area is 116 Å². The van der Waals surface area contributed by atoms with Crippen molar-refractivity contribution in [1.29, 1.82) is 0 Å². The Morgan fingerprint density at radius 1 is 1.00 bits per heavy atom. The first-order valence-corrected chi connectivity index (χ1v) is 8.09. The summed E-state index contributed by atoms with van der Waals surface area (Å²) in [6.45, 7) is 1.13. The lowest BCUT2D eigenvalue weighted by atomic mass is 9.42. The van der Waals surface area contributed by atoms with Crippen LogP contribution in [0.25, 0.3) is 0 Å². The van der Waals surface area contributed by atoms with Crippen molar-refractivity contribution in [3.8, 4) is 0 Å². The molecule has 4 saturated carbocycles. The molecule has 0 saturated heterocycles. The zero-order valence-electron chi connectivity index (χ0n) is 11.9. The van der Waals surface area contributed by atoms with Crippen molar-refractivity contribution in [2.45, 2.75) is 50.4 Å². The maximum Gasteiger partial charge on any atom is 0.0745 e. The summed E-state index contributed by atoms with van der Waals surface area (Å²) in [5.74, 6) is 2.01. The molecule has 4 fully saturated rings. The van der Waals surface area contributed by atoms with Crippen molar-refractivity contribution >= 4 is 0 Å². The minimum Gasteiger partial charge on any atom is -0.358 e. The van der Waals surface area contributed by atoms with Crippen LogP contribution in [0.5, 0.6) is 0 Å². The van der Waals surface area contributed by atoms with Crippen LogP contribution in [0, 0.1) is 17.3 Å². The van der Waals surface area contributed by atoms with E-state index < -0.39 is 0 Å². The van der Waals surface area contributed by atoms with Crippen molar-refractivity contribution in [1.82, 2.24) is 0 Å². The van der Waals surface area contributed by atoms with Gasteiger partial charge in [-0.25, -0.2) is 0 Å². The second-order valence-corrected chi connectivity index (χ2v) is 7.71. The number of rotatable bonds is 3. The molecule has 4 aliphatic rings. The largest absolute Gasteiger partial charge is 0.358 e. The number of hydrogen-bond donors (Lipinski definition) is 1. The highest BCUT2D eigenvalue weighted by molar-refractivity contribution is 5.30. The molecule has 1 heteroatoms. The smallest absolute Gasteiger partial charge is 0.0745 e. The molecule has 19 heavy (non-hydrogen) atoms. The zero-order chi connectivity index (χ0) is 12.9. The highest BCUT2D eigenvalue weighted by Gasteiger charge is 2.57. The second kappa shape index (κ2) is 4.09. The van der Waals surface area contributed by atoms with E-state index in [4.69, 9.17) is 0 Å². The summed E-state index contributed by atoms with van der Waals surface area (Å²) in [5, 5.41) is 0. The molecule has 0 heterocycles. The van der Waals surface area contributed by atoms with Gasteiger partial charge in [0.05, 0.1) is 6.54 Å². The maximum absolute atomic E-state index is 4.16. The van der Waals surface area contributed by atoms with E-state index in [9.17, 15) is 0 Å².